The van der Waals surface area contributed by atoms with Gasteiger partial charge in [0.15, 0.2) is 5.69 Å². The van der Waals surface area contributed by atoms with Gasteiger partial charge in [0, 0.05) is 12.5 Å². The van der Waals surface area contributed by atoms with Crippen molar-refractivity contribution in [1.82, 2.24) is 9.90 Å². The monoisotopic (exact) mass is 232 g/mol. The van der Waals surface area contributed by atoms with Crippen LogP contribution in [0.15, 0.2) is 29.1 Å². The summed E-state index contributed by atoms with van der Waals surface area (Å²) in [6, 6.07) is 7.46. The second-order valence-corrected chi connectivity index (χ2v) is 4.14. The van der Waals surface area contributed by atoms with Gasteiger partial charge in [-0.15, -0.1) is 0 Å². The Kier molecular flexibility index (Phi) is 2.24. The van der Waals surface area contributed by atoms with Crippen molar-refractivity contribution >= 4 is 0 Å². The van der Waals surface area contributed by atoms with E-state index in [1.165, 1.54) is 0 Å². The first-order valence-electron chi connectivity index (χ1n) is 5.68. The summed E-state index contributed by atoms with van der Waals surface area (Å²) in [6.45, 7) is 0.890. The molecule has 3 rings (SSSR count). The first-order valence-corrected chi connectivity index (χ1v) is 5.68. The summed E-state index contributed by atoms with van der Waals surface area (Å²) in [5.74, 6) is 0.745. The summed E-state index contributed by atoms with van der Waals surface area (Å²) < 4.78 is 8.64. The fraction of sp³-hybridized carbons (Fsp3) is 0.333. The highest BCUT2D eigenvalue weighted by atomic mass is 16.5. The molecular weight excluding hydrogens is 218 g/mol. The van der Waals surface area contributed by atoms with Gasteiger partial charge < -0.3 is 4.74 Å². The Balaban J connectivity index is 2.12. The van der Waals surface area contributed by atoms with Crippen molar-refractivity contribution < 1.29 is 9.42 Å². The number of fused-ring (bicyclic) bond motifs is 1. The van der Waals surface area contributed by atoms with Gasteiger partial charge in [0.25, 0.3) is 0 Å². The van der Waals surface area contributed by atoms with Gasteiger partial charge in [0.05, 0.1) is 7.11 Å². The molecule has 1 aliphatic heterocycles. The van der Waals surface area contributed by atoms with Gasteiger partial charge in [-0.1, -0.05) is 16.0 Å². The van der Waals surface area contributed by atoms with E-state index in [2.05, 4.69) is 5.21 Å². The molecule has 5 heteroatoms. The fourth-order valence-corrected chi connectivity index (χ4v) is 2.23. The smallest absolute Gasteiger partial charge is 0.401 e. The highest BCUT2D eigenvalue weighted by molar-refractivity contribution is 5.38. The molecule has 0 unspecified atom stereocenters. The predicted octanol–water partition coefficient (Wildman–Crippen LogP) is 0.408. The predicted molar refractivity (Wildman–Crippen MR) is 61.5 cm³/mol. The fourth-order valence-electron chi connectivity index (χ4n) is 2.23. The Morgan fingerprint density at radius 3 is 3.12 bits per heavy atom. The summed E-state index contributed by atoms with van der Waals surface area (Å²) in [4.78, 5) is 12.1. The Hall–Kier alpha value is -2.04. The van der Waals surface area contributed by atoms with E-state index >= 15 is 0 Å². The molecule has 5 nitrogen and oxygen atoms in total. The maximum absolute atomic E-state index is 12.1. The number of hydrogen-bond donors (Lipinski definition) is 1. The van der Waals surface area contributed by atoms with Crippen molar-refractivity contribution in [2.24, 2.45) is 0 Å². The lowest BCUT2D eigenvalue weighted by atomic mass is 10.3. The number of nitrogens with one attached hydrogen (secondary N) is 1. The number of aromatic amines is 1. The van der Waals surface area contributed by atoms with E-state index in [1.807, 2.05) is 28.9 Å². The van der Waals surface area contributed by atoms with E-state index in [0.717, 1.165) is 36.5 Å². The summed E-state index contributed by atoms with van der Waals surface area (Å²) >= 11 is 0. The number of benzene rings is 1. The van der Waals surface area contributed by atoms with Crippen molar-refractivity contribution in [3.8, 4) is 11.4 Å². The maximum Gasteiger partial charge on any atom is 0.401 e. The molecule has 0 fully saturated rings. The molecule has 2 heterocycles. The van der Waals surface area contributed by atoms with E-state index in [0.29, 0.717) is 0 Å². The third kappa shape index (κ3) is 1.54. The number of aromatic nitrogens is 3. The van der Waals surface area contributed by atoms with Gasteiger partial charge in [0.2, 0.25) is 5.69 Å². The molecule has 0 amide bonds. The first-order chi connectivity index (χ1) is 8.29. The minimum atomic E-state index is 0.0377. The summed E-state index contributed by atoms with van der Waals surface area (Å²) in [6.07, 6.45) is 1.90. The van der Waals surface area contributed by atoms with Gasteiger partial charge in [-0.2, -0.15) is 4.68 Å². The molecule has 0 saturated heterocycles. The van der Waals surface area contributed by atoms with Crippen LogP contribution in [0.2, 0.25) is 0 Å². The number of methoxy groups -OCH3 is 1. The van der Waals surface area contributed by atoms with Crippen LogP contribution in [0.25, 0.3) is 5.69 Å². The van der Waals surface area contributed by atoms with Crippen LogP contribution in [-0.4, -0.2) is 17.0 Å². The number of hydrogen-bond acceptors (Lipinski definition) is 2. The number of rotatable bonds is 2. The maximum atomic E-state index is 12.1. The van der Waals surface area contributed by atoms with Crippen LogP contribution in [0, 0.1) is 0 Å². The largest absolute Gasteiger partial charge is 0.497 e. The normalized spacial score (nSPS) is 13.7. The molecular formula is C12H14N3O2+. The molecule has 88 valence electrons. The molecule has 0 saturated carbocycles. The Morgan fingerprint density at radius 2 is 2.35 bits per heavy atom. The molecule has 1 aromatic heterocycles. The van der Waals surface area contributed by atoms with Crippen molar-refractivity contribution in [2.45, 2.75) is 19.4 Å². The van der Waals surface area contributed by atoms with Crippen LogP contribution in [0.4, 0.5) is 0 Å². The molecule has 2 aromatic rings. The molecule has 1 N–H and O–H groups in total. The van der Waals surface area contributed by atoms with Crippen molar-refractivity contribution in [1.29, 1.82) is 0 Å². The average molecular weight is 232 g/mol. The average Bonchev–Trinajstić information content (AvgIpc) is 2.93. The second-order valence-electron chi connectivity index (χ2n) is 4.14. The van der Waals surface area contributed by atoms with E-state index in [9.17, 15) is 4.79 Å². The van der Waals surface area contributed by atoms with Crippen LogP contribution in [0.1, 0.15) is 12.1 Å². The lowest BCUT2D eigenvalue weighted by Crippen LogP contribution is -2.35. The molecule has 0 atom stereocenters. The zero-order chi connectivity index (χ0) is 11.8. The lowest BCUT2D eigenvalue weighted by molar-refractivity contribution is -0.749. The first kappa shape index (κ1) is 10.1. The van der Waals surface area contributed by atoms with Gasteiger partial charge in [-0.05, 0) is 18.6 Å². The zero-order valence-electron chi connectivity index (χ0n) is 9.64. The van der Waals surface area contributed by atoms with Crippen LogP contribution in [-0.2, 0) is 13.0 Å². The Morgan fingerprint density at radius 1 is 1.47 bits per heavy atom. The van der Waals surface area contributed by atoms with Gasteiger partial charge in [-0.25, -0.2) is 4.79 Å². The minimum Gasteiger partial charge on any atom is -0.497 e. The van der Waals surface area contributed by atoms with Crippen molar-refractivity contribution in [3.63, 3.8) is 0 Å². The SMILES string of the molecule is COc1cccc(-n2[nH][n+]3c(c2=O)CCC3)c1. The summed E-state index contributed by atoms with van der Waals surface area (Å²) in [7, 11) is 1.62. The van der Waals surface area contributed by atoms with Gasteiger partial charge in [0.1, 0.15) is 12.3 Å². The standard InChI is InChI=1S/C12H13N3O2/c1-17-10-5-2-4-9(8-10)15-12(16)11-6-3-7-14(11)13-15/h2,4-5,8H,3,6-7H2,1H3/p+1. The van der Waals surface area contributed by atoms with E-state index in [1.54, 1.807) is 11.8 Å². The third-order valence-corrected chi connectivity index (χ3v) is 3.10. The molecule has 1 aromatic carbocycles. The zero-order valence-corrected chi connectivity index (χ0v) is 9.64. The Labute approximate surface area is 98.2 Å². The van der Waals surface area contributed by atoms with E-state index in [-0.39, 0.29) is 5.56 Å². The molecule has 0 radical (unpaired) electrons. The second kappa shape index (κ2) is 3.76. The van der Waals surface area contributed by atoms with E-state index < -0.39 is 0 Å². The van der Waals surface area contributed by atoms with E-state index in [4.69, 9.17) is 4.74 Å². The minimum absolute atomic E-state index is 0.0377. The number of nitrogens with zero attached hydrogens (tertiary/aromatic N) is 2. The number of aryl methyl sites for hydroxylation is 1. The van der Waals surface area contributed by atoms with Crippen LogP contribution < -0.4 is 15.0 Å². The van der Waals surface area contributed by atoms with Crippen molar-refractivity contribution in [3.05, 3.63) is 40.3 Å². The van der Waals surface area contributed by atoms with Gasteiger partial charge in [-0.3, -0.25) is 0 Å². The lowest BCUT2D eigenvalue weighted by Gasteiger charge is -1.99. The molecule has 0 spiro atoms. The van der Waals surface area contributed by atoms with Crippen LogP contribution >= 0.6 is 0 Å². The highest BCUT2D eigenvalue weighted by Crippen LogP contribution is 2.14. The summed E-state index contributed by atoms with van der Waals surface area (Å²) in [5.41, 5.74) is 1.69. The van der Waals surface area contributed by atoms with Crippen LogP contribution in [0.5, 0.6) is 5.75 Å². The van der Waals surface area contributed by atoms with Gasteiger partial charge >= 0.3 is 5.56 Å². The highest BCUT2D eigenvalue weighted by Gasteiger charge is 2.26. The molecule has 1 aliphatic rings. The summed E-state index contributed by atoms with van der Waals surface area (Å²) in [5, 5.41) is 3.09. The molecule has 0 aliphatic carbocycles. The number of ether oxygens (including phenoxy) is 1. The molecule has 0 bridgehead atoms. The Bertz CT molecular complexity index is 612. The topological polar surface area (TPSA) is 50.9 Å². The molecule has 17 heavy (non-hydrogen) atoms. The van der Waals surface area contributed by atoms with Crippen molar-refractivity contribution in [2.75, 3.05) is 7.11 Å². The quantitative estimate of drug-likeness (QED) is 0.762. The number of H-pyrrole nitrogens is 1. The third-order valence-electron chi connectivity index (χ3n) is 3.10. The van der Waals surface area contributed by atoms with Crippen LogP contribution in [0.3, 0.4) is 0 Å².